The molecule has 154 valence electrons. The maximum absolute atomic E-state index is 12.3. The van der Waals surface area contributed by atoms with Gasteiger partial charge in [0.25, 0.3) is 5.91 Å². The molecule has 0 spiro atoms. The van der Waals surface area contributed by atoms with Gasteiger partial charge in [0.15, 0.2) is 14.6 Å². The molecule has 0 N–H and O–H groups in total. The second-order valence-corrected chi connectivity index (χ2v) is 9.75. The first-order valence-corrected chi connectivity index (χ1v) is 11.6. The van der Waals surface area contributed by atoms with Crippen LogP contribution in [0, 0.1) is 19.3 Å². The number of thiazole rings is 1. The molecule has 0 atom stereocenters. The molecule has 1 aliphatic heterocycles. The van der Waals surface area contributed by atoms with Gasteiger partial charge in [0.2, 0.25) is 5.91 Å². The Morgan fingerprint density at radius 1 is 1.28 bits per heavy atom. The highest BCUT2D eigenvalue weighted by molar-refractivity contribution is 7.92. The SMILES string of the molecule is C#CCn1c(=NC(=O)CS(=O)(=O)CC(=O)N2CCOCC2)sc2cc(C)ccc21. The molecule has 3 rings (SSSR count). The summed E-state index contributed by atoms with van der Waals surface area (Å²) in [6.07, 6.45) is 5.43. The molecule has 1 aliphatic rings. The van der Waals surface area contributed by atoms with Crippen LogP contribution in [0.3, 0.4) is 0 Å². The third kappa shape index (κ3) is 5.32. The average molecular weight is 436 g/mol. The Morgan fingerprint density at radius 3 is 2.69 bits per heavy atom. The summed E-state index contributed by atoms with van der Waals surface area (Å²) in [5.41, 5.74) is 1.88. The Morgan fingerprint density at radius 2 is 2.00 bits per heavy atom. The number of benzene rings is 1. The van der Waals surface area contributed by atoms with Crippen molar-refractivity contribution >= 4 is 43.2 Å². The molecule has 0 aliphatic carbocycles. The van der Waals surface area contributed by atoms with Gasteiger partial charge in [-0.1, -0.05) is 23.3 Å². The Kier molecular flexibility index (Phi) is 6.52. The van der Waals surface area contributed by atoms with Crippen molar-refractivity contribution in [1.29, 1.82) is 0 Å². The maximum atomic E-state index is 12.3. The van der Waals surface area contributed by atoms with Crippen LogP contribution in [0.25, 0.3) is 10.2 Å². The van der Waals surface area contributed by atoms with Gasteiger partial charge in [0, 0.05) is 13.1 Å². The quantitative estimate of drug-likeness (QED) is 0.631. The minimum atomic E-state index is -3.93. The van der Waals surface area contributed by atoms with E-state index in [0.29, 0.717) is 31.1 Å². The number of carbonyl (C=O) groups excluding carboxylic acids is 2. The monoisotopic (exact) mass is 435 g/mol. The number of nitrogens with zero attached hydrogens (tertiary/aromatic N) is 3. The molecule has 1 saturated heterocycles. The van der Waals surface area contributed by atoms with E-state index < -0.39 is 33.2 Å². The molecule has 0 saturated carbocycles. The van der Waals surface area contributed by atoms with E-state index in [1.165, 1.54) is 16.2 Å². The standard InChI is InChI=1S/C19H21N3O5S2/c1-3-6-22-15-5-4-14(2)11-16(15)28-19(22)20-17(23)12-29(25,26)13-18(24)21-7-9-27-10-8-21/h1,4-5,11H,6-10,12-13H2,2H3. The first-order valence-electron chi connectivity index (χ1n) is 8.96. The van der Waals surface area contributed by atoms with E-state index in [-0.39, 0.29) is 6.54 Å². The second kappa shape index (κ2) is 8.90. The van der Waals surface area contributed by atoms with E-state index >= 15 is 0 Å². The first-order chi connectivity index (χ1) is 13.8. The van der Waals surface area contributed by atoms with Crippen LogP contribution >= 0.6 is 11.3 Å². The number of ether oxygens (including phenoxy) is 1. The normalized spacial score (nSPS) is 15.4. The van der Waals surface area contributed by atoms with Crippen LogP contribution in [0.15, 0.2) is 23.2 Å². The minimum absolute atomic E-state index is 0.206. The summed E-state index contributed by atoms with van der Waals surface area (Å²) < 4.78 is 32.4. The largest absolute Gasteiger partial charge is 0.378 e. The zero-order chi connectivity index (χ0) is 21.0. The van der Waals surface area contributed by atoms with Gasteiger partial charge in [0.1, 0.15) is 11.5 Å². The minimum Gasteiger partial charge on any atom is -0.378 e. The molecule has 0 radical (unpaired) electrons. The Balaban J connectivity index is 1.80. The van der Waals surface area contributed by atoms with Crippen molar-refractivity contribution in [1.82, 2.24) is 9.47 Å². The Labute approximate surface area is 172 Å². The topological polar surface area (TPSA) is 98.0 Å². The van der Waals surface area contributed by atoms with Crippen molar-refractivity contribution in [3.05, 3.63) is 28.6 Å². The van der Waals surface area contributed by atoms with Crippen LogP contribution < -0.4 is 4.80 Å². The van der Waals surface area contributed by atoms with Crippen LogP contribution in [0.4, 0.5) is 0 Å². The van der Waals surface area contributed by atoms with Gasteiger partial charge in [0.05, 0.1) is 30.0 Å². The van der Waals surface area contributed by atoms with Gasteiger partial charge >= 0.3 is 0 Å². The summed E-state index contributed by atoms with van der Waals surface area (Å²) in [5, 5.41) is 0. The van der Waals surface area contributed by atoms with E-state index in [0.717, 1.165) is 15.8 Å². The number of morpholine rings is 1. The lowest BCUT2D eigenvalue weighted by Gasteiger charge is -2.26. The van der Waals surface area contributed by atoms with E-state index in [4.69, 9.17) is 11.2 Å². The number of fused-ring (bicyclic) bond motifs is 1. The molecular formula is C19H21N3O5S2. The van der Waals surface area contributed by atoms with Crippen molar-refractivity contribution in [3.63, 3.8) is 0 Å². The van der Waals surface area contributed by atoms with Gasteiger partial charge in [-0.25, -0.2) is 8.42 Å². The van der Waals surface area contributed by atoms with Crippen LogP contribution in [0.5, 0.6) is 0 Å². The maximum Gasteiger partial charge on any atom is 0.263 e. The highest BCUT2D eigenvalue weighted by Gasteiger charge is 2.25. The molecule has 29 heavy (non-hydrogen) atoms. The zero-order valence-electron chi connectivity index (χ0n) is 16.0. The summed E-state index contributed by atoms with van der Waals surface area (Å²) in [4.78, 5) is 30.2. The number of sulfone groups is 1. The molecule has 0 bridgehead atoms. The number of amides is 2. The van der Waals surface area contributed by atoms with Crippen molar-refractivity contribution in [2.45, 2.75) is 13.5 Å². The van der Waals surface area contributed by atoms with Gasteiger partial charge in [-0.15, -0.1) is 6.42 Å². The zero-order valence-corrected chi connectivity index (χ0v) is 17.6. The van der Waals surface area contributed by atoms with E-state index in [2.05, 4.69) is 10.9 Å². The molecule has 0 unspecified atom stereocenters. The van der Waals surface area contributed by atoms with Crippen LogP contribution in [-0.4, -0.2) is 67.5 Å². The number of aryl methyl sites for hydroxylation is 1. The number of rotatable bonds is 5. The van der Waals surface area contributed by atoms with E-state index in [1.807, 2.05) is 25.1 Å². The van der Waals surface area contributed by atoms with Crippen LogP contribution in [-0.2, 0) is 30.7 Å². The highest BCUT2D eigenvalue weighted by Crippen LogP contribution is 2.18. The summed E-state index contributed by atoms with van der Waals surface area (Å²) in [7, 11) is -3.93. The van der Waals surface area contributed by atoms with E-state index in [9.17, 15) is 18.0 Å². The van der Waals surface area contributed by atoms with Crippen LogP contribution in [0.2, 0.25) is 0 Å². The van der Waals surface area contributed by atoms with Crippen molar-refractivity contribution in [2.75, 3.05) is 37.8 Å². The number of carbonyl (C=O) groups is 2. The third-order valence-electron chi connectivity index (χ3n) is 4.36. The summed E-state index contributed by atoms with van der Waals surface area (Å²) in [6, 6.07) is 5.77. The second-order valence-electron chi connectivity index (χ2n) is 6.68. The van der Waals surface area contributed by atoms with Crippen molar-refractivity contribution in [3.8, 4) is 12.3 Å². The van der Waals surface area contributed by atoms with Gasteiger partial charge in [-0.2, -0.15) is 4.99 Å². The molecule has 2 heterocycles. The van der Waals surface area contributed by atoms with Crippen LogP contribution in [0.1, 0.15) is 5.56 Å². The fourth-order valence-electron chi connectivity index (χ4n) is 2.98. The van der Waals surface area contributed by atoms with Crippen molar-refractivity contribution in [2.24, 2.45) is 4.99 Å². The molecule has 1 aromatic carbocycles. The summed E-state index contributed by atoms with van der Waals surface area (Å²) >= 11 is 1.26. The number of aromatic nitrogens is 1. The smallest absolute Gasteiger partial charge is 0.263 e. The predicted octanol–water partition coefficient (Wildman–Crippen LogP) is 0.345. The lowest BCUT2D eigenvalue weighted by Crippen LogP contribution is -2.43. The van der Waals surface area contributed by atoms with Gasteiger partial charge < -0.3 is 14.2 Å². The predicted molar refractivity (Wildman–Crippen MR) is 110 cm³/mol. The Bertz CT molecular complexity index is 1150. The Hall–Kier alpha value is -2.48. The number of terminal acetylenes is 1. The molecule has 2 aromatic rings. The average Bonchev–Trinajstić information content (AvgIpc) is 2.98. The lowest BCUT2D eigenvalue weighted by atomic mass is 10.2. The number of hydrogen-bond acceptors (Lipinski definition) is 6. The highest BCUT2D eigenvalue weighted by atomic mass is 32.2. The summed E-state index contributed by atoms with van der Waals surface area (Å²) in [5.74, 6) is -0.376. The molecule has 1 aromatic heterocycles. The molecule has 8 nitrogen and oxygen atoms in total. The van der Waals surface area contributed by atoms with Gasteiger partial charge in [-0.3, -0.25) is 9.59 Å². The molecular weight excluding hydrogens is 414 g/mol. The van der Waals surface area contributed by atoms with Crippen molar-refractivity contribution < 1.29 is 22.7 Å². The summed E-state index contributed by atoms with van der Waals surface area (Å²) in [6.45, 7) is 3.60. The lowest BCUT2D eigenvalue weighted by molar-refractivity contribution is -0.132. The molecule has 10 heteroatoms. The first kappa shape index (κ1) is 21.2. The van der Waals surface area contributed by atoms with Gasteiger partial charge in [-0.05, 0) is 24.6 Å². The molecule has 2 amide bonds. The molecule has 1 fully saturated rings. The van der Waals surface area contributed by atoms with E-state index in [1.54, 1.807) is 4.57 Å². The third-order valence-corrected chi connectivity index (χ3v) is 6.77. The number of hydrogen-bond donors (Lipinski definition) is 0. The fraction of sp³-hybridized carbons (Fsp3) is 0.421. The fourth-order valence-corrected chi connectivity index (χ4v) is 5.23.